The molecule has 0 saturated heterocycles. The van der Waals surface area contributed by atoms with Gasteiger partial charge < -0.3 is 25.2 Å². The minimum Gasteiger partial charge on any atom is -0.497 e. The van der Waals surface area contributed by atoms with Crippen LogP contribution in [0.3, 0.4) is 0 Å². The highest BCUT2D eigenvalue weighted by Crippen LogP contribution is 2.24. The summed E-state index contributed by atoms with van der Waals surface area (Å²) < 4.78 is 10.2. The summed E-state index contributed by atoms with van der Waals surface area (Å²) in [6.45, 7) is 0. The van der Waals surface area contributed by atoms with Gasteiger partial charge in [0.25, 0.3) is 0 Å². The van der Waals surface area contributed by atoms with Crippen molar-refractivity contribution in [3.8, 4) is 5.75 Å². The van der Waals surface area contributed by atoms with E-state index in [2.05, 4.69) is 10.6 Å². The third kappa shape index (κ3) is 3.63. The average Bonchev–Trinajstić information content (AvgIpc) is 2.41. The predicted molar refractivity (Wildman–Crippen MR) is 75.9 cm³/mol. The number of aromatic carboxylic acids is 1. The Morgan fingerprint density at radius 3 is 2.57 bits per heavy atom. The van der Waals surface area contributed by atoms with Crippen LogP contribution in [-0.4, -0.2) is 43.5 Å². The number of anilines is 1. The van der Waals surface area contributed by atoms with Crippen LogP contribution in [0.2, 0.25) is 0 Å². The molecule has 0 radical (unpaired) electrons. The summed E-state index contributed by atoms with van der Waals surface area (Å²) in [6.07, 6.45) is 1.70. The fourth-order valence-corrected chi connectivity index (χ4v) is 2.16. The van der Waals surface area contributed by atoms with E-state index >= 15 is 0 Å². The van der Waals surface area contributed by atoms with E-state index in [0.717, 1.165) is 12.8 Å². The molecular weight excluding hydrogens is 276 g/mol. The lowest BCUT2D eigenvalue weighted by Gasteiger charge is -2.34. The van der Waals surface area contributed by atoms with Crippen LogP contribution in [0.5, 0.6) is 5.75 Å². The SMILES string of the molecule is COc1ccc(C(=O)O)c(NC(=O)NC2CC(OC)C2)c1. The number of hydrogen-bond acceptors (Lipinski definition) is 4. The monoisotopic (exact) mass is 294 g/mol. The van der Waals surface area contributed by atoms with Crippen molar-refractivity contribution in [3.63, 3.8) is 0 Å². The summed E-state index contributed by atoms with van der Waals surface area (Å²) in [5.41, 5.74) is 0.205. The first-order valence-electron chi connectivity index (χ1n) is 6.55. The lowest BCUT2D eigenvalue weighted by atomic mass is 9.89. The third-order valence-electron chi connectivity index (χ3n) is 3.47. The molecule has 1 aliphatic carbocycles. The minimum absolute atomic E-state index is 0.00864. The number of methoxy groups -OCH3 is 2. The van der Waals surface area contributed by atoms with E-state index in [1.165, 1.54) is 25.3 Å². The van der Waals surface area contributed by atoms with Crippen molar-refractivity contribution in [2.45, 2.75) is 25.0 Å². The zero-order chi connectivity index (χ0) is 15.4. The topological polar surface area (TPSA) is 96.9 Å². The number of hydrogen-bond donors (Lipinski definition) is 3. The maximum atomic E-state index is 11.9. The number of rotatable bonds is 5. The first kappa shape index (κ1) is 15.1. The molecule has 2 rings (SSSR count). The molecule has 0 atom stereocenters. The first-order valence-corrected chi connectivity index (χ1v) is 6.55. The largest absolute Gasteiger partial charge is 0.497 e. The van der Waals surface area contributed by atoms with Crippen molar-refractivity contribution in [1.29, 1.82) is 0 Å². The highest BCUT2D eigenvalue weighted by atomic mass is 16.5. The molecule has 3 N–H and O–H groups in total. The van der Waals surface area contributed by atoms with Gasteiger partial charge in [-0.25, -0.2) is 9.59 Å². The van der Waals surface area contributed by atoms with Gasteiger partial charge in [0.2, 0.25) is 0 Å². The molecule has 1 saturated carbocycles. The van der Waals surface area contributed by atoms with Crippen molar-refractivity contribution < 1.29 is 24.2 Å². The maximum absolute atomic E-state index is 11.9. The molecule has 0 aromatic heterocycles. The maximum Gasteiger partial charge on any atom is 0.337 e. The zero-order valence-corrected chi connectivity index (χ0v) is 11.9. The third-order valence-corrected chi connectivity index (χ3v) is 3.47. The molecule has 1 aliphatic rings. The molecule has 0 spiro atoms. The van der Waals surface area contributed by atoms with Crippen LogP contribution < -0.4 is 15.4 Å². The Hall–Kier alpha value is -2.28. The molecule has 7 heteroatoms. The number of amides is 2. The zero-order valence-electron chi connectivity index (χ0n) is 11.9. The van der Waals surface area contributed by atoms with E-state index in [1.807, 2.05) is 0 Å². The lowest BCUT2D eigenvalue weighted by Crippen LogP contribution is -2.48. The van der Waals surface area contributed by atoms with Crippen LogP contribution in [-0.2, 0) is 4.74 Å². The van der Waals surface area contributed by atoms with Crippen LogP contribution in [0.15, 0.2) is 18.2 Å². The van der Waals surface area contributed by atoms with E-state index < -0.39 is 12.0 Å². The fourth-order valence-electron chi connectivity index (χ4n) is 2.16. The van der Waals surface area contributed by atoms with Crippen LogP contribution in [0.25, 0.3) is 0 Å². The summed E-state index contributed by atoms with van der Waals surface area (Å²) in [4.78, 5) is 23.0. The second-order valence-corrected chi connectivity index (χ2v) is 4.84. The normalized spacial score (nSPS) is 20.3. The van der Waals surface area contributed by atoms with Gasteiger partial charge in [0, 0.05) is 19.2 Å². The van der Waals surface area contributed by atoms with Gasteiger partial charge >= 0.3 is 12.0 Å². The summed E-state index contributed by atoms with van der Waals surface area (Å²) in [5, 5.41) is 14.4. The standard InChI is InChI=1S/C14H18N2O5/c1-20-9-3-4-11(13(17)18)12(7-9)16-14(19)15-8-5-10(6-8)21-2/h3-4,7-8,10H,5-6H2,1-2H3,(H,17,18)(H2,15,16,19). The highest BCUT2D eigenvalue weighted by molar-refractivity contribution is 6.00. The molecular formula is C14H18N2O5. The van der Waals surface area contributed by atoms with Gasteiger partial charge in [0.1, 0.15) is 5.75 Å². The molecule has 0 aliphatic heterocycles. The number of carbonyl (C=O) groups excluding carboxylic acids is 1. The van der Waals surface area contributed by atoms with E-state index in [9.17, 15) is 9.59 Å². The molecule has 1 fully saturated rings. The minimum atomic E-state index is -1.11. The number of carboxylic acids is 1. The Labute approximate surface area is 122 Å². The van der Waals surface area contributed by atoms with E-state index in [4.69, 9.17) is 14.6 Å². The number of ether oxygens (including phenoxy) is 2. The van der Waals surface area contributed by atoms with Gasteiger partial charge in [-0.15, -0.1) is 0 Å². The first-order chi connectivity index (χ1) is 10.0. The van der Waals surface area contributed by atoms with Crippen molar-refractivity contribution in [3.05, 3.63) is 23.8 Å². The smallest absolute Gasteiger partial charge is 0.337 e. The summed E-state index contributed by atoms with van der Waals surface area (Å²) in [6, 6.07) is 4.00. The summed E-state index contributed by atoms with van der Waals surface area (Å²) in [7, 11) is 3.11. The number of carbonyl (C=O) groups is 2. The van der Waals surface area contributed by atoms with Crippen molar-refractivity contribution in [2.75, 3.05) is 19.5 Å². The predicted octanol–water partition coefficient (Wildman–Crippen LogP) is 1.69. The van der Waals surface area contributed by atoms with Crippen molar-refractivity contribution >= 4 is 17.7 Å². The summed E-state index contributed by atoms with van der Waals surface area (Å²) in [5.74, 6) is -0.644. The highest BCUT2D eigenvalue weighted by Gasteiger charge is 2.30. The van der Waals surface area contributed by atoms with Crippen LogP contribution >= 0.6 is 0 Å². The molecule has 0 heterocycles. The number of urea groups is 1. The Bertz CT molecular complexity index is 540. The molecule has 1 aromatic rings. The number of nitrogens with one attached hydrogen (secondary N) is 2. The average molecular weight is 294 g/mol. The quantitative estimate of drug-likeness (QED) is 0.768. The van der Waals surface area contributed by atoms with E-state index in [0.29, 0.717) is 5.75 Å². The van der Waals surface area contributed by atoms with Gasteiger partial charge in [0.15, 0.2) is 0 Å². The molecule has 21 heavy (non-hydrogen) atoms. The molecule has 7 nitrogen and oxygen atoms in total. The molecule has 0 bridgehead atoms. The molecule has 0 unspecified atom stereocenters. The molecule has 114 valence electrons. The molecule has 1 aromatic carbocycles. The second-order valence-electron chi connectivity index (χ2n) is 4.84. The fraction of sp³-hybridized carbons (Fsp3) is 0.429. The van der Waals surface area contributed by atoms with Gasteiger partial charge in [-0.3, -0.25) is 0 Å². The van der Waals surface area contributed by atoms with Crippen LogP contribution in [0.4, 0.5) is 10.5 Å². The van der Waals surface area contributed by atoms with Crippen LogP contribution in [0.1, 0.15) is 23.2 Å². The van der Waals surface area contributed by atoms with Gasteiger partial charge in [-0.1, -0.05) is 0 Å². The Morgan fingerprint density at radius 1 is 1.29 bits per heavy atom. The molecule has 2 amide bonds. The lowest BCUT2D eigenvalue weighted by molar-refractivity contribution is 0.0210. The Kier molecular flexibility index (Phi) is 4.64. The van der Waals surface area contributed by atoms with Gasteiger partial charge in [0.05, 0.1) is 24.5 Å². The Balaban J connectivity index is 2.00. The van der Waals surface area contributed by atoms with Gasteiger partial charge in [-0.05, 0) is 25.0 Å². The van der Waals surface area contributed by atoms with Crippen molar-refractivity contribution in [1.82, 2.24) is 5.32 Å². The van der Waals surface area contributed by atoms with Crippen LogP contribution in [0, 0.1) is 0 Å². The number of carboxylic acid groups (broad SMARTS) is 1. The summed E-state index contributed by atoms with van der Waals surface area (Å²) >= 11 is 0. The van der Waals surface area contributed by atoms with Crippen molar-refractivity contribution in [2.24, 2.45) is 0 Å². The Morgan fingerprint density at radius 2 is 2.00 bits per heavy atom. The van der Waals surface area contributed by atoms with E-state index in [1.54, 1.807) is 7.11 Å². The van der Waals surface area contributed by atoms with E-state index in [-0.39, 0.29) is 23.4 Å². The van der Waals surface area contributed by atoms with Gasteiger partial charge in [-0.2, -0.15) is 0 Å². The second kappa shape index (κ2) is 6.45. The number of benzene rings is 1.